The van der Waals surface area contributed by atoms with Gasteiger partial charge in [-0.3, -0.25) is 4.79 Å². The summed E-state index contributed by atoms with van der Waals surface area (Å²) in [6.07, 6.45) is 0. The minimum Gasteiger partial charge on any atom is -0.370 e. The Labute approximate surface area is 122 Å². The molecule has 0 bridgehead atoms. The van der Waals surface area contributed by atoms with Crippen molar-refractivity contribution in [1.29, 1.82) is 0 Å². The van der Waals surface area contributed by atoms with Crippen LogP contribution in [0.15, 0.2) is 23.6 Å². The fourth-order valence-electron chi connectivity index (χ4n) is 1.74. The molecule has 0 aliphatic rings. The Kier molecular flexibility index (Phi) is 4.68. The van der Waals surface area contributed by atoms with Gasteiger partial charge in [-0.2, -0.15) is 0 Å². The van der Waals surface area contributed by atoms with Crippen LogP contribution in [-0.2, 0) is 0 Å². The van der Waals surface area contributed by atoms with Crippen molar-refractivity contribution in [2.45, 2.75) is 26.8 Å². The Bertz CT molecular complexity index is 596. The molecule has 1 atom stereocenters. The predicted octanol–water partition coefficient (Wildman–Crippen LogP) is 2.77. The summed E-state index contributed by atoms with van der Waals surface area (Å²) < 4.78 is 0. The van der Waals surface area contributed by atoms with Gasteiger partial charge in [0.25, 0.3) is 5.91 Å². The largest absolute Gasteiger partial charge is 0.370 e. The van der Waals surface area contributed by atoms with Crippen molar-refractivity contribution in [2.24, 2.45) is 0 Å². The van der Waals surface area contributed by atoms with Gasteiger partial charge in [0.1, 0.15) is 16.5 Å². The number of aromatic nitrogens is 2. The quantitative estimate of drug-likeness (QED) is 0.888. The van der Waals surface area contributed by atoms with Gasteiger partial charge >= 0.3 is 0 Å². The van der Waals surface area contributed by atoms with Gasteiger partial charge in [0.05, 0.1) is 6.04 Å². The molecule has 6 heteroatoms. The summed E-state index contributed by atoms with van der Waals surface area (Å²) in [6.45, 7) is 6.62. The fraction of sp³-hybridized carbons (Fsp3) is 0.357. The van der Waals surface area contributed by atoms with E-state index in [0.29, 0.717) is 11.5 Å². The SMILES string of the molecule is CCNc1cccc(C(=O)NC(C)c2nc(C)cs2)n1. The molecule has 0 aromatic carbocycles. The number of carbonyl (C=O) groups excluding carboxylic acids is 1. The minimum atomic E-state index is -0.190. The maximum Gasteiger partial charge on any atom is 0.270 e. The van der Waals surface area contributed by atoms with Crippen molar-refractivity contribution in [2.75, 3.05) is 11.9 Å². The molecule has 0 saturated heterocycles. The number of carbonyl (C=O) groups is 1. The lowest BCUT2D eigenvalue weighted by molar-refractivity contribution is 0.0935. The molecule has 2 N–H and O–H groups in total. The summed E-state index contributed by atoms with van der Waals surface area (Å²) in [6, 6.07) is 5.24. The number of rotatable bonds is 5. The molecule has 20 heavy (non-hydrogen) atoms. The molecule has 2 aromatic rings. The first-order valence-corrected chi connectivity index (χ1v) is 7.42. The summed E-state index contributed by atoms with van der Waals surface area (Å²) in [7, 11) is 0. The zero-order chi connectivity index (χ0) is 14.5. The van der Waals surface area contributed by atoms with Gasteiger partial charge in [0, 0.05) is 17.6 Å². The van der Waals surface area contributed by atoms with Crippen LogP contribution in [0.4, 0.5) is 5.82 Å². The number of aryl methyl sites for hydroxylation is 1. The van der Waals surface area contributed by atoms with Crippen molar-refractivity contribution in [1.82, 2.24) is 15.3 Å². The molecular formula is C14H18N4OS. The van der Waals surface area contributed by atoms with Crippen LogP contribution in [0.1, 0.15) is 41.1 Å². The molecule has 0 aliphatic heterocycles. The number of amides is 1. The van der Waals surface area contributed by atoms with E-state index in [1.165, 1.54) is 0 Å². The molecule has 1 unspecified atom stereocenters. The molecular weight excluding hydrogens is 272 g/mol. The minimum absolute atomic E-state index is 0.120. The van der Waals surface area contributed by atoms with Crippen molar-refractivity contribution in [3.8, 4) is 0 Å². The maximum absolute atomic E-state index is 12.2. The lowest BCUT2D eigenvalue weighted by Crippen LogP contribution is -2.27. The average molecular weight is 290 g/mol. The van der Waals surface area contributed by atoms with E-state index in [-0.39, 0.29) is 11.9 Å². The smallest absolute Gasteiger partial charge is 0.270 e. The van der Waals surface area contributed by atoms with Crippen LogP contribution >= 0.6 is 11.3 Å². The van der Waals surface area contributed by atoms with Gasteiger partial charge in [-0.1, -0.05) is 6.07 Å². The molecule has 106 valence electrons. The van der Waals surface area contributed by atoms with Crippen molar-refractivity contribution in [3.05, 3.63) is 40.0 Å². The third-order valence-corrected chi connectivity index (χ3v) is 3.84. The van der Waals surface area contributed by atoms with Gasteiger partial charge in [-0.15, -0.1) is 11.3 Å². The molecule has 2 aromatic heterocycles. The number of pyridine rings is 1. The van der Waals surface area contributed by atoms with Crippen LogP contribution in [-0.4, -0.2) is 22.4 Å². The first-order valence-electron chi connectivity index (χ1n) is 6.54. The monoisotopic (exact) mass is 290 g/mol. The Morgan fingerprint density at radius 1 is 1.40 bits per heavy atom. The Morgan fingerprint density at radius 2 is 2.20 bits per heavy atom. The normalized spacial score (nSPS) is 11.9. The summed E-state index contributed by atoms with van der Waals surface area (Å²) in [5.74, 6) is 0.517. The van der Waals surface area contributed by atoms with E-state index >= 15 is 0 Å². The van der Waals surface area contributed by atoms with Gasteiger partial charge in [-0.05, 0) is 32.9 Å². The second-order valence-corrected chi connectivity index (χ2v) is 5.35. The highest BCUT2D eigenvalue weighted by molar-refractivity contribution is 7.09. The first kappa shape index (κ1) is 14.5. The molecule has 0 aliphatic carbocycles. The summed E-state index contributed by atoms with van der Waals surface area (Å²) in [5.41, 5.74) is 1.38. The molecule has 5 nitrogen and oxygen atoms in total. The van der Waals surface area contributed by atoms with Gasteiger partial charge in [0.15, 0.2) is 0 Å². The van der Waals surface area contributed by atoms with Gasteiger partial charge < -0.3 is 10.6 Å². The van der Waals surface area contributed by atoms with Crippen LogP contribution in [0.2, 0.25) is 0 Å². The van der Waals surface area contributed by atoms with Crippen LogP contribution in [0.25, 0.3) is 0 Å². The zero-order valence-corrected chi connectivity index (χ0v) is 12.6. The maximum atomic E-state index is 12.2. The second kappa shape index (κ2) is 6.47. The predicted molar refractivity (Wildman–Crippen MR) is 81.1 cm³/mol. The van der Waals surface area contributed by atoms with E-state index in [9.17, 15) is 4.79 Å². The van der Waals surface area contributed by atoms with Crippen molar-refractivity contribution in [3.63, 3.8) is 0 Å². The van der Waals surface area contributed by atoms with Crippen LogP contribution in [0, 0.1) is 6.92 Å². The van der Waals surface area contributed by atoms with Crippen LogP contribution < -0.4 is 10.6 Å². The van der Waals surface area contributed by atoms with E-state index < -0.39 is 0 Å². The van der Waals surface area contributed by atoms with E-state index in [0.717, 1.165) is 17.2 Å². The Balaban J connectivity index is 2.06. The Morgan fingerprint density at radius 3 is 2.85 bits per heavy atom. The summed E-state index contributed by atoms with van der Waals surface area (Å²) in [4.78, 5) is 20.8. The van der Waals surface area contributed by atoms with Gasteiger partial charge in [-0.25, -0.2) is 9.97 Å². The first-order chi connectivity index (χ1) is 9.60. The van der Waals surface area contributed by atoms with Crippen LogP contribution in [0.3, 0.4) is 0 Å². The molecule has 2 rings (SSSR count). The van der Waals surface area contributed by atoms with E-state index in [1.54, 1.807) is 17.4 Å². The number of hydrogen-bond donors (Lipinski definition) is 2. The summed E-state index contributed by atoms with van der Waals surface area (Å²) >= 11 is 1.55. The number of nitrogens with zero attached hydrogens (tertiary/aromatic N) is 2. The number of nitrogens with one attached hydrogen (secondary N) is 2. The second-order valence-electron chi connectivity index (χ2n) is 4.46. The third-order valence-electron chi connectivity index (χ3n) is 2.69. The fourth-order valence-corrected chi connectivity index (χ4v) is 2.55. The highest BCUT2D eigenvalue weighted by Crippen LogP contribution is 2.17. The van der Waals surface area contributed by atoms with Crippen molar-refractivity contribution < 1.29 is 4.79 Å². The van der Waals surface area contributed by atoms with Gasteiger partial charge in [0.2, 0.25) is 0 Å². The molecule has 0 saturated carbocycles. The zero-order valence-electron chi connectivity index (χ0n) is 11.8. The Hall–Kier alpha value is -1.95. The topological polar surface area (TPSA) is 66.9 Å². The van der Waals surface area contributed by atoms with E-state index in [4.69, 9.17) is 0 Å². The number of hydrogen-bond acceptors (Lipinski definition) is 5. The lowest BCUT2D eigenvalue weighted by Gasteiger charge is -2.11. The lowest BCUT2D eigenvalue weighted by atomic mass is 10.3. The standard InChI is InChI=1S/C14H18N4OS/c1-4-15-12-7-5-6-11(18-12)13(19)17-10(3)14-16-9(2)8-20-14/h5-8,10H,4H2,1-3H3,(H,15,18)(H,17,19). The highest BCUT2D eigenvalue weighted by atomic mass is 32.1. The van der Waals surface area contributed by atoms with E-state index in [1.807, 2.05) is 38.3 Å². The third kappa shape index (κ3) is 3.54. The molecule has 2 heterocycles. The highest BCUT2D eigenvalue weighted by Gasteiger charge is 2.15. The molecule has 1 amide bonds. The van der Waals surface area contributed by atoms with E-state index in [2.05, 4.69) is 20.6 Å². The van der Waals surface area contributed by atoms with Crippen molar-refractivity contribution >= 4 is 23.1 Å². The van der Waals surface area contributed by atoms with Crippen LogP contribution in [0.5, 0.6) is 0 Å². The molecule has 0 fully saturated rings. The number of thiazole rings is 1. The number of anilines is 1. The summed E-state index contributed by atoms with van der Waals surface area (Å²) in [5, 5.41) is 8.88. The molecule has 0 radical (unpaired) electrons. The molecule has 0 spiro atoms. The average Bonchev–Trinajstić information content (AvgIpc) is 2.86.